The van der Waals surface area contributed by atoms with Gasteiger partial charge in [0.1, 0.15) is 5.82 Å². The molecule has 1 aromatic heterocycles. The highest BCUT2D eigenvalue weighted by molar-refractivity contribution is 6.09. The zero-order valence-corrected chi connectivity index (χ0v) is 16.2. The summed E-state index contributed by atoms with van der Waals surface area (Å²) in [5.74, 6) is 0.996. The molecule has 3 N–H and O–H groups in total. The van der Waals surface area contributed by atoms with E-state index in [1.165, 1.54) is 0 Å². The van der Waals surface area contributed by atoms with Crippen LogP contribution in [0.3, 0.4) is 0 Å². The molecule has 1 aliphatic rings. The van der Waals surface area contributed by atoms with Gasteiger partial charge in [0.15, 0.2) is 0 Å². The number of nitrogens with two attached hydrogens (primary N) is 1. The predicted molar refractivity (Wildman–Crippen MR) is 111 cm³/mol. The summed E-state index contributed by atoms with van der Waals surface area (Å²) in [6.45, 7) is 6.97. The number of carbonyl (C=O) groups is 1. The lowest BCUT2D eigenvalue weighted by Gasteiger charge is -2.20. The molecule has 1 aliphatic heterocycles. The topological polar surface area (TPSA) is 75.0 Å². The van der Waals surface area contributed by atoms with Crippen LogP contribution in [0.5, 0.6) is 0 Å². The number of benzene rings is 2. The van der Waals surface area contributed by atoms with Crippen LogP contribution >= 0.6 is 0 Å². The zero-order valence-electron chi connectivity index (χ0n) is 16.2. The molecule has 0 atom stereocenters. The number of rotatable bonds is 5. The molecule has 0 saturated carbocycles. The number of hydrogen-bond acceptors (Lipinski definition) is 3. The molecule has 0 spiro atoms. The van der Waals surface area contributed by atoms with E-state index < -0.39 is 5.41 Å². The maximum Gasteiger partial charge on any atom is 0.237 e. The Morgan fingerprint density at radius 3 is 2.59 bits per heavy atom. The Bertz CT molecular complexity index is 1000. The van der Waals surface area contributed by atoms with Crippen molar-refractivity contribution in [2.45, 2.75) is 45.4 Å². The molecule has 1 amide bonds. The van der Waals surface area contributed by atoms with Crippen LogP contribution in [0.1, 0.15) is 45.6 Å². The molecule has 4 rings (SSSR count). The molecule has 5 heteroatoms. The van der Waals surface area contributed by atoms with E-state index in [2.05, 4.69) is 24.0 Å². The van der Waals surface area contributed by atoms with Gasteiger partial charge in [-0.15, -0.1) is 0 Å². The lowest BCUT2D eigenvalue weighted by atomic mass is 9.86. The molecular weight excluding hydrogens is 336 g/mol. The maximum atomic E-state index is 13.0. The Kier molecular flexibility index (Phi) is 4.17. The van der Waals surface area contributed by atoms with Crippen LogP contribution in [0.2, 0.25) is 0 Å². The maximum absolute atomic E-state index is 13.0. The number of imidazole rings is 1. The monoisotopic (exact) mass is 362 g/mol. The van der Waals surface area contributed by atoms with Gasteiger partial charge < -0.3 is 15.6 Å². The minimum atomic E-state index is -0.512. The van der Waals surface area contributed by atoms with Crippen LogP contribution in [0.15, 0.2) is 36.4 Å². The third kappa shape index (κ3) is 2.87. The van der Waals surface area contributed by atoms with E-state index in [0.717, 1.165) is 65.2 Å². The van der Waals surface area contributed by atoms with Crippen molar-refractivity contribution in [3.63, 3.8) is 0 Å². The van der Waals surface area contributed by atoms with Crippen molar-refractivity contribution < 1.29 is 4.79 Å². The Morgan fingerprint density at radius 1 is 1.15 bits per heavy atom. The van der Waals surface area contributed by atoms with Crippen LogP contribution in [0.4, 0.5) is 11.4 Å². The van der Waals surface area contributed by atoms with Crippen molar-refractivity contribution in [2.75, 3.05) is 17.2 Å². The molecule has 2 aromatic carbocycles. The second kappa shape index (κ2) is 6.41. The summed E-state index contributed by atoms with van der Waals surface area (Å²) in [5, 5.41) is 0. The number of anilines is 2. The Balaban J connectivity index is 1.77. The first-order valence-electron chi connectivity index (χ1n) is 9.64. The number of fused-ring (bicyclic) bond motifs is 2. The number of H-pyrrole nitrogens is 1. The first kappa shape index (κ1) is 17.6. The highest BCUT2D eigenvalue weighted by Gasteiger charge is 2.43. The van der Waals surface area contributed by atoms with Gasteiger partial charge in [0.25, 0.3) is 0 Å². The van der Waals surface area contributed by atoms with E-state index >= 15 is 0 Å². The van der Waals surface area contributed by atoms with E-state index in [1.807, 2.05) is 43.0 Å². The number of amides is 1. The van der Waals surface area contributed by atoms with Crippen molar-refractivity contribution in [1.29, 1.82) is 0 Å². The second-order valence-electron chi connectivity index (χ2n) is 7.88. The van der Waals surface area contributed by atoms with Crippen molar-refractivity contribution >= 4 is 28.3 Å². The molecular formula is C22H26N4O. The quantitative estimate of drug-likeness (QED) is 0.513. The minimum absolute atomic E-state index is 0.181. The normalized spacial score (nSPS) is 15.5. The van der Waals surface area contributed by atoms with E-state index in [0.29, 0.717) is 0 Å². The fraction of sp³-hybridized carbons (Fsp3) is 0.364. The van der Waals surface area contributed by atoms with Crippen LogP contribution in [0, 0.1) is 0 Å². The second-order valence-corrected chi connectivity index (χ2v) is 7.88. The Labute approximate surface area is 159 Å². The average Bonchev–Trinajstić information content (AvgIpc) is 3.14. The van der Waals surface area contributed by atoms with Gasteiger partial charge in [-0.05, 0) is 62.2 Å². The van der Waals surface area contributed by atoms with Crippen LogP contribution in [0.25, 0.3) is 22.4 Å². The summed E-state index contributed by atoms with van der Waals surface area (Å²) < 4.78 is 0. The first-order valence-corrected chi connectivity index (χ1v) is 9.64. The number of nitrogens with one attached hydrogen (secondary N) is 1. The van der Waals surface area contributed by atoms with Gasteiger partial charge in [-0.25, -0.2) is 4.98 Å². The molecule has 2 heterocycles. The molecule has 3 aromatic rings. The molecule has 27 heavy (non-hydrogen) atoms. The Morgan fingerprint density at radius 2 is 1.89 bits per heavy atom. The van der Waals surface area contributed by atoms with Gasteiger partial charge in [0.2, 0.25) is 5.91 Å². The highest BCUT2D eigenvalue weighted by atomic mass is 16.2. The fourth-order valence-corrected chi connectivity index (χ4v) is 3.85. The molecule has 0 bridgehead atoms. The fourth-order valence-electron chi connectivity index (χ4n) is 3.85. The van der Waals surface area contributed by atoms with Gasteiger partial charge in [0.05, 0.1) is 22.1 Å². The molecule has 0 aliphatic carbocycles. The summed E-state index contributed by atoms with van der Waals surface area (Å²) in [6.07, 6.45) is 3.29. The van der Waals surface area contributed by atoms with Gasteiger partial charge in [0, 0.05) is 17.8 Å². The SMILES string of the molecule is CCCCCN1C(=O)C(C)(C)c2cc3[nH]c(-c4ccc(N)cc4)nc3cc21. The summed E-state index contributed by atoms with van der Waals surface area (Å²) in [7, 11) is 0. The van der Waals surface area contributed by atoms with Crippen molar-refractivity contribution in [3.8, 4) is 11.4 Å². The van der Waals surface area contributed by atoms with Gasteiger partial charge in [-0.1, -0.05) is 19.8 Å². The first-order chi connectivity index (χ1) is 12.9. The summed E-state index contributed by atoms with van der Waals surface area (Å²) in [4.78, 5) is 23.1. The van der Waals surface area contributed by atoms with E-state index in [4.69, 9.17) is 10.7 Å². The van der Waals surface area contributed by atoms with Crippen molar-refractivity contribution in [1.82, 2.24) is 9.97 Å². The lowest BCUT2D eigenvalue weighted by molar-refractivity contribution is -0.122. The van der Waals surface area contributed by atoms with Gasteiger partial charge >= 0.3 is 0 Å². The molecule has 0 fully saturated rings. The number of hydrogen-bond donors (Lipinski definition) is 2. The smallest absolute Gasteiger partial charge is 0.237 e. The number of nitrogens with zero attached hydrogens (tertiary/aromatic N) is 2. The third-order valence-corrected chi connectivity index (χ3v) is 5.51. The van der Waals surface area contributed by atoms with Crippen molar-refractivity contribution in [2.24, 2.45) is 0 Å². The number of nitrogen functional groups attached to an aromatic ring is 1. The number of aromatic nitrogens is 2. The zero-order chi connectivity index (χ0) is 19.2. The van der Waals surface area contributed by atoms with Crippen LogP contribution < -0.4 is 10.6 Å². The van der Waals surface area contributed by atoms with E-state index in [1.54, 1.807) is 0 Å². The largest absolute Gasteiger partial charge is 0.399 e. The van der Waals surface area contributed by atoms with Crippen LogP contribution in [-0.4, -0.2) is 22.4 Å². The average molecular weight is 362 g/mol. The van der Waals surface area contributed by atoms with E-state index in [-0.39, 0.29) is 5.91 Å². The van der Waals surface area contributed by atoms with Crippen molar-refractivity contribution in [3.05, 3.63) is 42.0 Å². The summed E-state index contributed by atoms with van der Waals surface area (Å²) in [6, 6.07) is 11.8. The highest BCUT2D eigenvalue weighted by Crippen LogP contribution is 2.43. The molecule has 140 valence electrons. The summed E-state index contributed by atoms with van der Waals surface area (Å²) in [5.41, 5.74) is 10.9. The number of unbranched alkanes of at least 4 members (excludes halogenated alkanes) is 2. The number of carbonyl (C=O) groups excluding carboxylic acids is 1. The van der Waals surface area contributed by atoms with E-state index in [9.17, 15) is 4.79 Å². The minimum Gasteiger partial charge on any atom is -0.399 e. The molecule has 0 unspecified atom stereocenters. The standard InChI is InChI=1S/C22H26N4O/c1-4-5-6-11-26-19-13-18-17(12-16(19)22(2,3)21(26)27)24-20(25-18)14-7-9-15(23)10-8-14/h7-10,12-13H,4-6,11,23H2,1-3H3,(H,24,25). The van der Waals surface area contributed by atoms with Gasteiger partial charge in [-0.2, -0.15) is 0 Å². The van der Waals surface area contributed by atoms with Gasteiger partial charge in [-0.3, -0.25) is 4.79 Å². The van der Waals surface area contributed by atoms with Crippen LogP contribution in [-0.2, 0) is 10.2 Å². The molecule has 0 radical (unpaired) electrons. The predicted octanol–water partition coefficient (Wildman–Crippen LogP) is 4.63. The third-order valence-electron chi connectivity index (χ3n) is 5.51. The lowest BCUT2D eigenvalue weighted by Crippen LogP contribution is -2.36. The molecule has 5 nitrogen and oxygen atoms in total. The summed E-state index contributed by atoms with van der Waals surface area (Å²) >= 11 is 0. The molecule has 0 saturated heterocycles. The Hall–Kier alpha value is -2.82. The number of aromatic amines is 1.